The highest BCUT2D eigenvalue weighted by molar-refractivity contribution is 7.89. The molecule has 0 aliphatic heterocycles. The maximum atomic E-state index is 14.0. The number of sulfonamides is 1. The van der Waals surface area contributed by atoms with Gasteiger partial charge in [-0.15, -0.1) is 0 Å². The summed E-state index contributed by atoms with van der Waals surface area (Å²) < 4.78 is 66.5. The van der Waals surface area contributed by atoms with Crippen LogP contribution in [0.2, 0.25) is 0 Å². The second-order valence-electron chi connectivity index (χ2n) is 8.88. The molecule has 2 N–H and O–H groups in total. The van der Waals surface area contributed by atoms with Gasteiger partial charge in [0, 0.05) is 41.9 Å². The Morgan fingerprint density at radius 2 is 1.56 bits per heavy atom. The van der Waals surface area contributed by atoms with E-state index in [4.69, 9.17) is 9.47 Å². The number of halogens is 2. The van der Waals surface area contributed by atoms with E-state index in [9.17, 15) is 17.2 Å². The minimum Gasteiger partial charge on any atom is -0.497 e. The van der Waals surface area contributed by atoms with E-state index >= 15 is 0 Å². The molecule has 0 unspecified atom stereocenters. The Labute approximate surface area is 210 Å². The first-order valence-electron chi connectivity index (χ1n) is 11.8. The van der Waals surface area contributed by atoms with Gasteiger partial charge in [0.15, 0.2) is 0 Å². The lowest BCUT2D eigenvalue weighted by molar-refractivity contribution is 0.325. The summed E-state index contributed by atoms with van der Waals surface area (Å²) in [5.41, 5.74) is 1.73. The minimum atomic E-state index is -3.72. The lowest BCUT2D eigenvalue weighted by Crippen LogP contribution is -2.42. The molecule has 0 spiro atoms. The fourth-order valence-corrected chi connectivity index (χ4v) is 5.80. The largest absolute Gasteiger partial charge is 0.497 e. The second kappa shape index (κ2) is 11.4. The zero-order chi connectivity index (χ0) is 25.7. The van der Waals surface area contributed by atoms with Crippen LogP contribution in [0.25, 0.3) is 11.1 Å². The first-order valence-corrected chi connectivity index (χ1v) is 13.3. The van der Waals surface area contributed by atoms with E-state index in [1.54, 1.807) is 14.2 Å². The maximum Gasteiger partial charge on any atom is 0.240 e. The number of hydrogen-bond donors (Lipinski definition) is 2. The molecule has 6 nitrogen and oxygen atoms in total. The van der Waals surface area contributed by atoms with E-state index in [0.717, 1.165) is 48.8 Å². The Morgan fingerprint density at radius 3 is 2.19 bits per heavy atom. The van der Waals surface area contributed by atoms with Crippen LogP contribution in [-0.4, -0.2) is 34.7 Å². The number of rotatable bonds is 9. The Balaban J connectivity index is 1.31. The van der Waals surface area contributed by atoms with Crippen molar-refractivity contribution in [3.63, 3.8) is 0 Å². The lowest BCUT2D eigenvalue weighted by atomic mass is 9.91. The lowest BCUT2D eigenvalue weighted by Gasteiger charge is -2.30. The van der Waals surface area contributed by atoms with Gasteiger partial charge in [0.1, 0.15) is 23.1 Å². The summed E-state index contributed by atoms with van der Waals surface area (Å²) in [7, 11) is -0.473. The quantitative estimate of drug-likeness (QED) is 0.417. The van der Waals surface area contributed by atoms with Gasteiger partial charge in [-0.3, -0.25) is 0 Å². The molecular formula is C27H30F2N2O4S. The van der Waals surface area contributed by atoms with Gasteiger partial charge in [0.05, 0.1) is 19.1 Å². The van der Waals surface area contributed by atoms with Gasteiger partial charge < -0.3 is 14.8 Å². The predicted octanol–water partition coefficient (Wildman–Crippen LogP) is 5.03. The van der Waals surface area contributed by atoms with Gasteiger partial charge in [0.25, 0.3) is 0 Å². The Kier molecular flexibility index (Phi) is 8.23. The molecule has 3 aromatic rings. The van der Waals surface area contributed by atoms with Crippen LogP contribution in [0.15, 0.2) is 65.6 Å². The van der Waals surface area contributed by atoms with Crippen LogP contribution in [-0.2, 0) is 16.6 Å². The van der Waals surface area contributed by atoms with Crippen molar-refractivity contribution in [2.45, 2.75) is 49.2 Å². The zero-order valence-electron chi connectivity index (χ0n) is 20.3. The summed E-state index contributed by atoms with van der Waals surface area (Å²) in [5, 5.41) is 3.54. The molecule has 1 aliphatic rings. The highest BCUT2D eigenvalue weighted by Gasteiger charge is 2.26. The molecule has 0 radical (unpaired) electrons. The van der Waals surface area contributed by atoms with E-state index in [1.807, 2.05) is 18.2 Å². The molecule has 0 aromatic heterocycles. The topological polar surface area (TPSA) is 76.7 Å². The average molecular weight is 517 g/mol. The first kappa shape index (κ1) is 26.1. The van der Waals surface area contributed by atoms with Gasteiger partial charge >= 0.3 is 0 Å². The molecule has 1 saturated carbocycles. The number of nitrogens with one attached hydrogen (secondary N) is 2. The van der Waals surface area contributed by atoms with Crippen LogP contribution in [0.5, 0.6) is 11.5 Å². The molecule has 192 valence electrons. The van der Waals surface area contributed by atoms with Crippen LogP contribution in [0.3, 0.4) is 0 Å². The number of methoxy groups -OCH3 is 2. The van der Waals surface area contributed by atoms with Crippen LogP contribution in [0.1, 0.15) is 31.2 Å². The average Bonchev–Trinajstić information content (AvgIpc) is 2.88. The third kappa shape index (κ3) is 6.21. The van der Waals surface area contributed by atoms with Crippen molar-refractivity contribution in [1.29, 1.82) is 0 Å². The summed E-state index contributed by atoms with van der Waals surface area (Å²) in [6.45, 7) is 0.648. The highest BCUT2D eigenvalue weighted by atomic mass is 32.2. The summed E-state index contributed by atoms with van der Waals surface area (Å²) in [5.74, 6) is 0.140. The third-order valence-corrected chi connectivity index (χ3v) is 8.07. The van der Waals surface area contributed by atoms with Crippen molar-refractivity contribution in [2.24, 2.45) is 0 Å². The predicted molar refractivity (Wildman–Crippen MR) is 135 cm³/mol. The molecule has 4 rings (SSSR count). The Hall–Kier alpha value is -3.01. The van der Waals surface area contributed by atoms with Gasteiger partial charge in [-0.2, -0.15) is 0 Å². The molecule has 0 atom stereocenters. The summed E-state index contributed by atoms with van der Waals surface area (Å²) in [6.07, 6.45) is 3.12. The first-order chi connectivity index (χ1) is 17.3. The van der Waals surface area contributed by atoms with Crippen molar-refractivity contribution in [1.82, 2.24) is 10.0 Å². The molecule has 9 heteroatoms. The van der Waals surface area contributed by atoms with E-state index in [2.05, 4.69) is 10.0 Å². The van der Waals surface area contributed by atoms with Crippen LogP contribution in [0, 0.1) is 11.6 Å². The number of ether oxygens (including phenoxy) is 2. The van der Waals surface area contributed by atoms with Gasteiger partial charge in [-0.05, 0) is 61.6 Å². The minimum absolute atomic E-state index is 0.112. The fraction of sp³-hybridized carbons (Fsp3) is 0.333. The summed E-state index contributed by atoms with van der Waals surface area (Å²) in [4.78, 5) is 0.112. The molecular weight excluding hydrogens is 486 g/mol. The fourth-order valence-electron chi connectivity index (χ4n) is 4.49. The van der Waals surface area contributed by atoms with Crippen molar-refractivity contribution in [3.8, 4) is 22.6 Å². The van der Waals surface area contributed by atoms with E-state index in [-0.39, 0.29) is 22.5 Å². The van der Waals surface area contributed by atoms with Crippen LogP contribution in [0.4, 0.5) is 8.78 Å². The molecule has 0 saturated heterocycles. The Bertz CT molecular complexity index is 1290. The van der Waals surface area contributed by atoms with Gasteiger partial charge in [-0.1, -0.05) is 18.2 Å². The third-order valence-electron chi connectivity index (χ3n) is 6.53. The summed E-state index contributed by atoms with van der Waals surface area (Å²) in [6, 6.07) is 15.1. The molecule has 0 bridgehead atoms. The number of benzene rings is 3. The van der Waals surface area contributed by atoms with Crippen molar-refractivity contribution in [2.75, 3.05) is 14.2 Å². The standard InChI is InChI=1S/C27H30F2N2O4S/c1-34-23-11-3-19(27(16-23)35-2)17-30-21-7-9-22(10-8-21)31-36(32,33)24-12-4-18(5-13-24)25-14-6-20(28)15-26(25)29/h3-6,11-16,21-22,30-31H,7-10,17H2,1-2H3. The van der Waals surface area contributed by atoms with Crippen molar-refractivity contribution < 1.29 is 26.7 Å². The van der Waals surface area contributed by atoms with Crippen molar-refractivity contribution in [3.05, 3.63) is 77.9 Å². The van der Waals surface area contributed by atoms with Crippen LogP contribution >= 0.6 is 0 Å². The molecule has 0 heterocycles. The monoisotopic (exact) mass is 516 g/mol. The molecule has 36 heavy (non-hydrogen) atoms. The SMILES string of the molecule is COc1ccc(CNC2CCC(NS(=O)(=O)c3ccc(-c4ccc(F)cc4F)cc3)CC2)c(OC)c1. The van der Waals surface area contributed by atoms with Crippen LogP contribution < -0.4 is 19.5 Å². The molecule has 0 amide bonds. The second-order valence-corrected chi connectivity index (χ2v) is 10.6. The summed E-state index contributed by atoms with van der Waals surface area (Å²) >= 11 is 0. The van der Waals surface area contributed by atoms with E-state index < -0.39 is 21.7 Å². The van der Waals surface area contributed by atoms with Gasteiger partial charge in [-0.25, -0.2) is 21.9 Å². The smallest absolute Gasteiger partial charge is 0.240 e. The van der Waals surface area contributed by atoms with E-state index in [1.165, 1.54) is 36.4 Å². The maximum absolute atomic E-state index is 14.0. The van der Waals surface area contributed by atoms with Crippen molar-refractivity contribution >= 4 is 10.0 Å². The molecule has 3 aromatic carbocycles. The van der Waals surface area contributed by atoms with Gasteiger partial charge in [0.2, 0.25) is 10.0 Å². The molecule has 1 fully saturated rings. The number of hydrogen-bond acceptors (Lipinski definition) is 5. The highest BCUT2D eigenvalue weighted by Crippen LogP contribution is 2.27. The Morgan fingerprint density at radius 1 is 0.861 bits per heavy atom. The normalized spacial score (nSPS) is 18.1. The van der Waals surface area contributed by atoms with E-state index in [0.29, 0.717) is 12.1 Å². The molecule has 1 aliphatic carbocycles. The zero-order valence-corrected chi connectivity index (χ0v) is 21.1.